The van der Waals surface area contributed by atoms with Crippen molar-refractivity contribution in [2.45, 2.75) is 13.8 Å². The number of hydrogen-bond donors (Lipinski definition) is 1. The van der Waals surface area contributed by atoms with Crippen molar-refractivity contribution in [3.8, 4) is 11.3 Å². The smallest absolute Gasteiger partial charge is 0.344 e. The summed E-state index contributed by atoms with van der Waals surface area (Å²) in [4.78, 5) is 28.3. The SMILES string of the molecule is CCOC(=O)c1c(-c2ccc(C)cc2)[nH]c2ccccc2c1=O. The Hall–Kier alpha value is -2.88. The van der Waals surface area contributed by atoms with Gasteiger partial charge in [0.1, 0.15) is 5.56 Å². The van der Waals surface area contributed by atoms with E-state index < -0.39 is 5.97 Å². The third-order valence-electron chi connectivity index (χ3n) is 3.73. The van der Waals surface area contributed by atoms with Crippen LogP contribution in [0.4, 0.5) is 0 Å². The number of para-hydroxylation sites is 1. The molecule has 1 heterocycles. The molecule has 0 aliphatic carbocycles. The molecule has 4 nitrogen and oxygen atoms in total. The van der Waals surface area contributed by atoms with Gasteiger partial charge >= 0.3 is 5.97 Å². The monoisotopic (exact) mass is 307 g/mol. The molecular weight excluding hydrogens is 290 g/mol. The number of aromatic nitrogens is 1. The van der Waals surface area contributed by atoms with Crippen molar-refractivity contribution in [3.63, 3.8) is 0 Å². The number of aromatic amines is 1. The van der Waals surface area contributed by atoms with Gasteiger partial charge in [-0.1, -0.05) is 42.0 Å². The topological polar surface area (TPSA) is 59.2 Å². The van der Waals surface area contributed by atoms with Gasteiger partial charge in [-0.2, -0.15) is 0 Å². The summed E-state index contributed by atoms with van der Waals surface area (Å²) in [6, 6.07) is 14.8. The van der Waals surface area contributed by atoms with Gasteiger partial charge in [0.25, 0.3) is 0 Å². The Morgan fingerprint density at radius 3 is 2.48 bits per heavy atom. The lowest BCUT2D eigenvalue weighted by Crippen LogP contribution is -2.20. The average molecular weight is 307 g/mol. The molecule has 4 heteroatoms. The van der Waals surface area contributed by atoms with Crippen LogP contribution in [0.3, 0.4) is 0 Å². The van der Waals surface area contributed by atoms with Gasteiger partial charge in [0.15, 0.2) is 0 Å². The first-order valence-electron chi connectivity index (χ1n) is 7.51. The first kappa shape index (κ1) is 15.0. The number of H-pyrrole nitrogens is 1. The van der Waals surface area contributed by atoms with E-state index >= 15 is 0 Å². The first-order chi connectivity index (χ1) is 11.1. The third-order valence-corrected chi connectivity index (χ3v) is 3.73. The average Bonchev–Trinajstić information content (AvgIpc) is 2.55. The van der Waals surface area contributed by atoms with E-state index in [9.17, 15) is 9.59 Å². The Labute approximate surface area is 133 Å². The number of pyridine rings is 1. The predicted octanol–water partition coefficient (Wildman–Crippen LogP) is 3.68. The third kappa shape index (κ3) is 2.75. The van der Waals surface area contributed by atoms with Crippen LogP contribution in [-0.4, -0.2) is 17.6 Å². The van der Waals surface area contributed by atoms with Crippen LogP contribution in [0.2, 0.25) is 0 Å². The molecule has 3 aromatic rings. The van der Waals surface area contributed by atoms with E-state index in [-0.39, 0.29) is 17.6 Å². The number of fused-ring (bicyclic) bond motifs is 1. The highest BCUT2D eigenvalue weighted by atomic mass is 16.5. The lowest BCUT2D eigenvalue weighted by atomic mass is 10.0. The first-order valence-corrected chi connectivity index (χ1v) is 7.51. The van der Waals surface area contributed by atoms with Crippen LogP contribution in [0.1, 0.15) is 22.8 Å². The van der Waals surface area contributed by atoms with Crippen molar-refractivity contribution in [2.24, 2.45) is 0 Å². The second-order valence-corrected chi connectivity index (χ2v) is 5.34. The van der Waals surface area contributed by atoms with Crippen molar-refractivity contribution < 1.29 is 9.53 Å². The Morgan fingerprint density at radius 1 is 1.09 bits per heavy atom. The molecule has 0 aliphatic rings. The van der Waals surface area contributed by atoms with Gasteiger partial charge < -0.3 is 9.72 Å². The Morgan fingerprint density at radius 2 is 1.78 bits per heavy atom. The van der Waals surface area contributed by atoms with Gasteiger partial charge in [0.2, 0.25) is 5.43 Å². The molecule has 2 aromatic carbocycles. The lowest BCUT2D eigenvalue weighted by Gasteiger charge is -2.11. The minimum absolute atomic E-state index is 0.0504. The quantitative estimate of drug-likeness (QED) is 0.751. The fraction of sp³-hybridized carbons (Fsp3) is 0.158. The van der Waals surface area contributed by atoms with Crippen LogP contribution in [-0.2, 0) is 4.74 Å². The standard InChI is InChI=1S/C19H17NO3/c1-3-23-19(22)16-17(13-10-8-12(2)9-11-13)20-15-7-5-4-6-14(15)18(16)21/h4-11H,3H2,1-2H3,(H,20,21). The Kier molecular flexibility index (Phi) is 3.98. The maximum atomic E-state index is 12.8. The van der Waals surface area contributed by atoms with Crippen molar-refractivity contribution >= 4 is 16.9 Å². The van der Waals surface area contributed by atoms with Crippen LogP contribution < -0.4 is 5.43 Å². The van der Waals surface area contributed by atoms with E-state index in [0.29, 0.717) is 16.6 Å². The molecule has 116 valence electrons. The molecule has 1 aromatic heterocycles. The van der Waals surface area contributed by atoms with Crippen LogP contribution in [0.25, 0.3) is 22.2 Å². The predicted molar refractivity (Wildman–Crippen MR) is 90.7 cm³/mol. The van der Waals surface area contributed by atoms with Gasteiger partial charge in [0, 0.05) is 10.9 Å². The number of hydrogen-bond acceptors (Lipinski definition) is 3. The highest BCUT2D eigenvalue weighted by Gasteiger charge is 2.21. The molecule has 0 spiro atoms. The highest BCUT2D eigenvalue weighted by molar-refractivity contribution is 6.00. The zero-order chi connectivity index (χ0) is 16.4. The summed E-state index contributed by atoms with van der Waals surface area (Å²) in [6.45, 7) is 3.93. The van der Waals surface area contributed by atoms with Crippen molar-refractivity contribution in [2.75, 3.05) is 6.61 Å². The normalized spacial score (nSPS) is 10.7. The summed E-state index contributed by atoms with van der Waals surface area (Å²) in [6.07, 6.45) is 0. The fourth-order valence-electron chi connectivity index (χ4n) is 2.57. The number of nitrogens with one attached hydrogen (secondary N) is 1. The van der Waals surface area contributed by atoms with Crippen LogP contribution >= 0.6 is 0 Å². The summed E-state index contributed by atoms with van der Waals surface area (Å²) in [5.74, 6) is -0.602. The second-order valence-electron chi connectivity index (χ2n) is 5.34. The molecule has 0 atom stereocenters. The molecule has 0 unspecified atom stereocenters. The number of rotatable bonds is 3. The number of benzene rings is 2. The Balaban J connectivity index is 2.34. The summed E-state index contributed by atoms with van der Waals surface area (Å²) in [5.41, 5.74) is 2.81. The summed E-state index contributed by atoms with van der Waals surface area (Å²) in [5, 5.41) is 0.478. The van der Waals surface area contributed by atoms with Gasteiger partial charge in [-0.3, -0.25) is 4.79 Å². The molecule has 0 amide bonds. The van der Waals surface area contributed by atoms with E-state index in [1.54, 1.807) is 19.1 Å². The molecule has 1 N–H and O–H groups in total. The molecule has 0 saturated carbocycles. The van der Waals surface area contributed by atoms with Gasteiger partial charge in [-0.05, 0) is 31.5 Å². The molecule has 0 bridgehead atoms. The summed E-state index contributed by atoms with van der Waals surface area (Å²) < 4.78 is 5.08. The van der Waals surface area contributed by atoms with Crippen LogP contribution in [0.5, 0.6) is 0 Å². The molecule has 0 fully saturated rings. The largest absolute Gasteiger partial charge is 0.462 e. The molecule has 0 aliphatic heterocycles. The zero-order valence-corrected chi connectivity index (χ0v) is 13.1. The van der Waals surface area contributed by atoms with Crippen LogP contribution in [0.15, 0.2) is 53.3 Å². The second kappa shape index (κ2) is 6.08. The van der Waals surface area contributed by atoms with E-state index in [1.807, 2.05) is 43.3 Å². The number of esters is 1. The van der Waals surface area contributed by atoms with Crippen molar-refractivity contribution in [1.82, 2.24) is 4.98 Å². The lowest BCUT2D eigenvalue weighted by molar-refractivity contribution is 0.0525. The number of ether oxygens (including phenoxy) is 1. The molecule has 23 heavy (non-hydrogen) atoms. The minimum atomic E-state index is -0.602. The maximum Gasteiger partial charge on any atom is 0.344 e. The van der Waals surface area contributed by atoms with E-state index in [0.717, 1.165) is 11.1 Å². The zero-order valence-electron chi connectivity index (χ0n) is 13.1. The summed E-state index contributed by atoms with van der Waals surface area (Å²) in [7, 11) is 0. The van der Waals surface area contributed by atoms with Gasteiger partial charge in [0.05, 0.1) is 12.3 Å². The molecular formula is C19H17NO3. The van der Waals surface area contributed by atoms with Gasteiger partial charge in [-0.25, -0.2) is 4.79 Å². The number of carbonyl (C=O) groups excluding carboxylic acids is 1. The number of carbonyl (C=O) groups is 1. The van der Waals surface area contributed by atoms with Crippen LogP contribution in [0, 0.1) is 6.92 Å². The summed E-state index contributed by atoms with van der Waals surface area (Å²) >= 11 is 0. The molecule has 0 saturated heterocycles. The fourth-order valence-corrected chi connectivity index (χ4v) is 2.57. The Bertz CT molecular complexity index is 923. The molecule has 3 rings (SSSR count). The van der Waals surface area contributed by atoms with Crippen molar-refractivity contribution in [3.05, 3.63) is 69.9 Å². The van der Waals surface area contributed by atoms with E-state index in [1.165, 1.54) is 0 Å². The highest BCUT2D eigenvalue weighted by Crippen LogP contribution is 2.23. The van der Waals surface area contributed by atoms with Crippen molar-refractivity contribution in [1.29, 1.82) is 0 Å². The molecule has 0 radical (unpaired) electrons. The minimum Gasteiger partial charge on any atom is -0.462 e. The van der Waals surface area contributed by atoms with E-state index in [4.69, 9.17) is 4.74 Å². The maximum absolute atomic E-state index is 12.8. The number of aryl methyl sites for hydroxylation is 1. The van der Waals surface area contributed by atoms with E-state index in [2.05, 4.69) is 4.98 Å². The van der Waals surface area contributed by atoms with Gasteiger partial charge in [-0.15, -0.1) is 0 Å².